The molecule has 1 saturated heterocycles. The van der Waals surface area contributed by atoms with Gasteiger partial charge in [-0.3, -0.25) is 14.7 Å². The molecule has 2 fully saturated rings. The molecule has 0 bridgehead atoms. The number of guanidine groups is 1. The molecular weight excluding hydrogens is 394 g/mol. The van der Waals surface area contributed by atoms with Gasteiger partial charge in [0.25, 0.3) is 5.91 Å². The summed E-state index contributed by atoms with van der Waals surface area (Å²) in [6.07, 6.45) is 3.04. The SMILES string of the molecule is CN=C(NCCc1ccc(OCC(=O)NC2CC2)cc1)NCC(C)(C)N1CCOCC1. The van der Waals surface area contributed by atoms with Gasteiger partial charge in [-0.25, -0.2) is 0 Å². The molecule has 8 nitrogen and oxygen atoms in total. The summed E-state index contributed by atoms with van der Waals surface area (Å²) in [5.74, 6) is 1.47. The first-order valence-corrected chi connectivity index (χ1v) is 11.2. The maximum atomic E-state index is 11.7. The summed E-state index contributed by atoms with van der Waals surface area (Å²) in [6.45, 7) is 9.68. The summed E-state index contributed by atoms with van der Waals surface area (Å²) in [5.41, 5.74) is 1.23. The fourth-order valence-electron chi connectivity index (χ4n) is 3.52. The minimum Gasteiger partial charge on any atom is -0.484 e. The number of carbonyl (C=O) groups excluding carboxylic acids is 1. The molecule has 1 amide bonds. The van der Waals surface area contributed by atoms with E-state index < -0.39 is 0 Å². The van der Waals surface area contributed by atoms with Gasteiger partial charge >= 0.3 is 0 Å². The van der Waals surface area contributed by atoms with Crippen molar-refractivity contribution in [3.63, 3.8) is 0 Å². The smallest absolute Gasteiger partial charge is 0.258 e. The number of amides is 1. The highest BCUT2D eigenvalue weighted by atomic mass is 16.5. The molecule has 1 aliphatic carbocycles. The number of nitrogens with zero attached hydrogens (tertiary/aromatic N) is 2. The highest BCUT2D eigenvalue weighted by molar-refractivity contribution is 5.79. The summed E-state index contributed by atoms with van der Waals surface area (Å²) in [6, 6.07) is 8.26. The van der Waals surface area contributed by atoms with Gasteiger partial charge in [-0.2, -0.15) is 0 Å². The number of carbonyl (C=O) groups is 1. The van der Waals surface area contributed by atoms with Gasteiger partial charge in [0.1, 0.15) is 5.75 Å². The molecule has 31 heavy (non-hydrogen) atoms. The Labute approximate surface area is 185 Å². The van der Waals surface area contributed by atoms with E-state index in [1.807, 2.05) is 24.3 Å². The molecule has 8 heteroatoms. The van der Waals surface area contributed by atoms with Crippen LogP contribution < -0.4 is 20.7 Å². The van der Waals surface area contributed by atoms with Crippen LogP contribution in [-0.2, 0) is 16.0 Å². The van der Waals surface area contributed by atoms with Crippen molar-refractivity contribution in [3.05, 3.63) is 29.8 Å². The van der Waals surface area contributed by atoms with Crippen LogP contribution in [0.3, 0.4) is 0 Å². The van der Waals surface area contributed by atoms with Crippen LogP contribution >= 0.6 is 0 Å². The van der Waals surface area contributed by atoms with E-state index in [0.29, 0.717) is 11.8 Å². The average Bonchev–Trinajstić information content (AvgIpc) is 3.60. The lowest BCUT2D eigenvalue weighted by molar-refractivity contribution is -0.123. The molecule has 1 heterocycles. The second-order valence-corrected chi connectivity index (χ2v) is 8.79. The minimum absolute atomic E-state index is 0.0345. The number of benzene rings is 1. The number of hydrogen-bond donors (Lipinski definition) is 3. The molecule has 0 spiro atoms. The predicted octanol–water partition coefficient (Wildman–Crippen LogP) is 1.16. The van der Waals surface area contributed by atoms with Crippen LogP contribution in [-0.4, -0.2) is 81.4 Å². The van der Waals surface area contributed by atoms with Crippen molar-refractivity contribution >= 4 is 11.9 Å². The molecule has 1 aromatic rings. The standard InChI is InChI=1S/C23H37N5O3/c1-23(2,28-12-14-30-15-13-28)17-26-22(24-3)25-11-10-18-4-8-20(9-5-18)31-16-21(29)27-19-6-7-19/h4-5,8-9,19H,6-7,10-17H2,1-3H3,(H,27,29)(H2,24,25,26). The topological polar surface area (TPSA) is 87.2 Å². The van der Waals surface area contributed by atoms with E-state index in [-0.39, 0.29) is 18.1 Å². The molecule has 3 rings (SSSR count). The van der Waals surface area contributed by atoms with Crippen LogP contribution in [0.1, 0.15) is 32.3 Å². The van der Waals surface area contributed by atoms with Gasteiger partial charge in [-0.05, 0) is 50.8 Å². The molecule has 0 radical (unpaired) electrons. The lowest BCUT2D eigenvalue weighted by Gasteiger charge is -2.41. The first-order valence-electron chi connectivity index (χ1n) is 11.2. The van der Waals surface area contributed by atoms with E-state index in [2.05, 4.69) is 39.7 Å². The molecular formula is C23H37N5O3. The van der Waals surface area contributed by atoms with Crippen molar-refractivity contribution in [1.29, 1.82) is 0 Å². The number of nitrogens with one attached hydrogen (secondary N) is 3. The third-order valence-electron chi connectivity index (χ3n) is 5.72. The predicted molar refractivity (Wildman–Crippen MR) is 123 cm³/mol. The molecule has 0 aromatic heterocycles. The maximum Gasteiger partial charge on any atom is 0.258 e. The van der Waals surface area contributed by atoms with Crippen LogP contribution in [0.2, 0.25) is 0 Å². The van der Waals surface area contributed by atoms with E-state index in [9.17, 15) is 4.79 Å². The second-order valence-electron chi connectivity index (χ2n) is 8.79. The summed E-state index contributed by atoms with van der Waals surface area (Å²) in [5, 5.41) is 9.75. The molecule has 1 saturated carbocycles. The Morgan fingerprint density at radius 3 is 2.55 bits per heavy atom. The van der Waals surface area contributed by atoms with E-state index >= 15 is 0 Å². The Morgan fingerprint density at radius 2 is 1.90 bits per heavy atom. The Morgan fingerprint density at radius 1 is 1.19 bits per heavy atom. The summed E-state index contributed by atoms with van der Waals surface area (Å²) >= 11 is 0. The molecule has 2 aliphatic rings. The van der Waals surface area contributed by atoms with Crippen molar-refractivity contribution in [2.45, 2.75) is 44.7 Å². The van der Waals surface area contributed by atoms with Crippen molar-refractivity contribution < 1.29 is 14.3 Å². The van der Waals surface area contributed by atoms with Crippen molar-refractivity contribution in [1.82, 2.24) is 20.9 Å². The van der Waals surface area contributed by atoms with Gasteiger partial charge in [0.15, 0.2) is 12.6 Å². The fourth-order valence-corrected chi connectivity index (χ4v) is 3.52. The van der Waals surface area contributed by atoms with Crippen LogP contribution in [0.5, 0.6) is 5.75 Å². The molecule has 1 aliphatic heterocycles. The highest BCUT2D eigenvalue weighted by Gasteiger charge is 2.28. The van der Waals surface area contributed by atoms with Crippen LogP contribution in [0.25, 0.3) is 0 Å². The molecule has 172 valence electrons. The first-order chi connectivity index (χ1) is 15.0. The fraction of sp³-hybridized carbons (Fsp3) is 0.652. The summed E-state index contributed by atoms with van der Waals surface area (Å²) < 4.78 is 11.0. The lowest BCUT2D eigenvalue weighted by atomic mass is 10.0. The highest BCUT2D eigenvalue weighted by Crippen LogP contribution is 2.18. The normalized spacial score (nSPS) is 17.8. The Hall–Kier alpha value is -2.32. The van der Waals surface area contributed by atoms with E-state index in [0.717, 1.165) is 64.6 Å². The average molecular weight is 432 g/mol. The van der Waals surface area contributed by atoms with E-state index in [4.69, 9.17) is 9.47 Å². The quantitative estimate of drug-likeness (QED) is 0.381. The number of aliphatic imine (C=N–C) groups is 1. The van der Waals surface area contributed by atoms with Crippen LogP contribution in [0.15, 0.2) is 29.3 Å². The summed E-state index contributed by atoms with van der Waals surface area (Å²) in [7, 11) is 1.79. The van der Waals surface area contributed by atoms with Crippen LogP contribution in [0.4, 0.5) is 0 Å². The third-order valence-corrected chi connectivity index (χ3v) is 5.72. The Kier molecular flexibility index (Phi) is 8.54. The molecule has 0 unspecified atom stereocenters. The van der Waals surface area contributed by atoms with Crippen molar-refractivity contribution in [2.24, 2.45) is 4.99 Å². The maximum absolute atomic E-state index is 11.7. The van der Waals surface area contributed by atoms with Crippen LogP contribution in [0, 0.1) is 0 Å². The molecule has 1 aromatic carbocycles. The molecule has 0 atom stereocenters. The zero-order valence-corrected chi connectivity index (χ0v) is 19.1. The van der Waals surface area contributed by atoms with Gasteiger partial charge in [0, 0.05) is 44.8 Å². The number of morpholine rings is 1. The lowest BCUT2D eigenvalue weighted by Crippen LogP contribution is -2.56. The van der Waals surface area contributed by atoms with Gasteiger partial charge < -0.3 is 25.4 Å². The zero-order valence-electron chi connectivity index (χ0n) is 19.1. The molecule has 3 N–H and O–H groups in total. The Bertz CT molecular complexity index is 725. The van der Waals surface area contributed by atoms with E-state index in [1.54, 1.807) is 7.05 Å². The van der Waals surface area contributed by atoms with Gasteiger partial charge in [-0.1, -0.05) is 12.1 Å². The van der Waals surface area contributed by atoms with E-state index in [1.165, 1.54) is 5.56 Å². The number of ether oxygens (including phenoxy) is 2. The monoisotopic (exact) mass is 431 g/mol. The van der Waals surface area contributed by atoms with Gasteiger partial charge in [0.05, 0.1) is 13.2 Å². The summed E-state index contributed by atoms with van der Waals surface area (Å²) in [4.78, 5) is 18.5. The van der Waals surface area contributed by atoms with Gasteiger partial charge in [-0.15, -0.1) is 0 Å². The zero-order chi connectivity index (χ0) is 22.1. The second kappa shape index (κ2) is 11.3. The van der Waals surface area contributed by atoms with Gasteiger partial charge in [0.2, 0.25) is 0 Å². The number of hydrogen-bond acceptors (Lipinski definition) is 5. The number of rotatable bonds is 10. The van der Waals surface area contributed by atoms with Crippen molar-refractivity contribution in [3.8, 4) is 5.75 Å². The Balaban J connectivity index is 1.34. The first kappa shape index (κ1) is 23.3. The minimum atomic E-state index is -0.0496. The van der Waals surface area contributed by atoms with Crippen molar-refractivity contribution in [2.75, 3.05) is 53.0 Å². The largest absolute Gasteiger partial charge is 0.484 e. The third kappa shape index (κ3) is 8.03.